The maximum absolute atomic E-state index is 4.19. The Kier molecular flexibility index (Phi) is 1.85. The highest BCUT2D eigenvalue weighted by Gasteiger charge is 2.04. The van der Waals surface area contributed by atoms with Crippen molar-refractivity contribution in [2.45, 2.75) is 0 Å². The summed E-state index contributed by atoms with van der Waals surface area (Å²) in [5, 5.41) is 11.8. The van der Waals surface area contributed by atoms with Gasteiger partial charge in [0.1, 0.15) is 12.1 Å². The first-order valence-electron chi connectivity index (χ1n) is 4.38. The van der Waals surface area contributed by atoms with E-state index in [0.717, 1.165) is 21.9 Å². The summed E-state index contributed by atoms with van der Waals surface area (Å²) >= 11 is 1.61. The molecule has 0 fully saturated rings. The van der Waals surface area contributed by atoms with E-state index < -0.39 is 0 Å². The van der Waals surface area contributed by atoms with Crippen LogP contribution in [-0.4, -0.2) is 20.2 Å². The number of H-pyrrole nitrogens is 1. The molecule has 0 saturated carbocycles. The topological polar surface area (TPSA) is 66.5 Å². The van der Waals surface area contributed by atoms with Crippen LogP contribution in [0, 0.1) is 0 Å². The van der Waals surface area contributed by atoms with Crippen LogP contribution in [0.3, 0.4) is 0 Å². The lowest BCUT2D eigenvalue weighted by Gasteiger charge is -2.02. The molecule has 6 heteroatoms. The number of aromatic nitrogens is 4. The van der Waals surface area contributed by atoms with E-state index in [9.17, 15) is 0 Å². The molecule has 0 saturated heterocycles. The zero-order valence-electron chi connectivity index (χ0n) is 7.64. The minimum Gasteiger partial charge on any atom is -0.324 e. The molecule has 0 amide bonds. The van der Waals surface area contributed by atoms with Gasteiger partial charge < -0.3 is 5.32 Å². The van der Waals surface area contributed by atoms with Crippen molar-refractivity contribution in [3.05, 3.63) is 30.0 Å². The third-order valence-corrected chi connectivity index (χ3v) is 2.91. The zero-order valence-corrected chi connectivity index (χ0v) is 8.45. The fourth-order valence-corrected chi connectivity index (χ4v) is 2.12. The quantitative estimate of drug-likeness (QED) is 0.690. The molecule has 3 rings (SSSR count). The first kappa shape index (κ1) is 8.37. The maximum Gasteiger partial charge on any atom is 0.152 e. The van der Waals surface area contributed by atoms with Gasteiger partial charge in [0.2, 0.25) is 0 Å². The summed E-state index contributed by atoms with van der Waals surface area (Å²) in [7, 11) is 0. The summed E-state index contributed by atoms with van der Waals surface area (Å²) < 4.78 is 1.05. The van der Waals surface area contributed by atoms with Crippen molar-refractivity contribution in [1.82, 2.24) is 20.2 Å². The molecule has 0 atom stereocenters. The fraction of sp³-hybridized carbons (Fsp3) is 0. The van der Waals surface area contributed by atoms with Crippen LogP contribution >= 0.6 is 11.3 Å². The van der Waals surface area contributed by atoms with Crippen LogP contribution in [0.15, 0.2) is 30.0 Å². The number of hydrogen-bond donors (Lipinski definition) is 2. The number of thiophene rings is 1. The summed E-state index contributed by atoms with van der Waals surface area (Å²) in [6.45, 7) is 0. The first-order chi connectivity index (χ1) is 7.43. The highest BCUT2D eigenvalue weighted by molar-refractivity contribution is 7.17. The van der Waals surface area contributed by atoms with Gasteiger partial charge in [0.05, 0.1) is 16.4 Å². The summed E-state index contributed by atoms with van der Waals surface area (Å²) in [6, 6.07) is 3.82. The maximum atomic E-state index is 4.19. The molecule has 15 heavy (non-hydrogen) atoms. The Balaban J connectivity index is 2.07. The minimum absolute atomic E-state index is 0.805. The monoisotopic (exact) mass is 217 g/mol. The van der Waals surface area contributed by atoms with Crippen molar-refractivity contribution in [1.29, 1.82) is 0 Å². The largest absolute Gasteiger partial charge is 0.324 e. The number of rotatable bonds is 2. The Labute approximate surface area is 89.2 Å². The van der Waals surface area contributed by atoms with Crippen LogP contribution in [0.25, 0.3) is 10.2 Å². The Bertz CT molecular complexity index is 571. The van der Waals surface area contributed by atoms with Crippen molar-refractivity contribution in [2.24, 2.45) is 0 Å². The highest BCUT2D eigenvalue weighted by Crippen LogP contribution is 2.26. The Morgan fingerprint density at radius 2 is 2.27 bits per heavy atom. The molecule has 0 aliphatic carbocycles. The number of aromatic amines is 1. The molecule has 3 aromatic rings. The summed E-state index contributed by atoms with van der Waals surface area (Å²) in [5.41, 5.74) is 0.956. The predicted octanol–water partition coefficient (Wildman–Crippen LogP) is 2.16. The van der Waals surface area contributed by atoms with E-state index in [1.165, 1.54) is 0 Å². The molecule has 0 radical (unpaired) electrons. The Morgan fingerprint density at radius 1 is 1.27 bits per heavy atom. The Hall–Kier alpha value is -1.95. The number of hydrogen-bond acceptors (Lipinski definition) is 5. The lowest BCUT2D eigenvalue weighted by molar-refractivity contribution is 1.09. The van der Waals surface area contributed by atoms with Gasteiger partial charge in [-0.25, -0.2) is 9.97 Å². The van der Waals surface area contributed by atoms with Gasteiger partial charge in [-0.05, 0) is 11.4 Å². The van der Waals surface area contributed by atoms with Gasteiger partial charge in [-0.2, -0.15) is 5.10 Å². The molecule has 3 heterocycles. The van der Waals surface area contributed by atoms with Crippen molar-refractivity contribution < 1.29 is 0 Å². The highest BCUT2D eigenvalue weighted by atomic mass is 32.1. The second-order valence-electron chi connectivity index (χ2n) is 2.95. The molecule has 0 aliphatic heterocycles. The predicted molar refractivity (Wildman–Crippen MR) is 59.3 cm³/mol. The van der Waals surface area contributed by atoms with Gasteiger partial charge in [0.15, 0.2) is 5.82 Å². The van der Waals surface area contributed by atoms with E-state index in [1.54, 1.807) is 23.9 Å². The molecule has 0 unspecified atom stereocenters. The summed E-state index contributed by atoms with van der Waals surface area (Å²) in [5.74, 6) is 1.63. The minimum atomic E-state index is 0.805. The summed E-state index contributed by atoms with van der Waals surface area (Å²) in [6.07, 6.45) is 3.24. The van der Waals surface area contributed by atoms with Gasteiger partial charge in [0.25, 0.3) is 0 Å². The molecule has 0 bridgehead atoms. The lowest BCUT2D eigenvalue weighted by atomic mass is 10.4. The van der Waals surface area contributed by atoms with E-state index in [4.69, 9.17) is 0 Å². The van der Waals surface area contributed by atoms with Crippen LogP contribution < -0.4 is 5.32 Å². The molecule has 0 spiro atoms. The van der Waals surface area contributed by atoms with E-state index in [2.05, 4.69) is 25.5 Å². The molecular formula is C9H7N5S. The third kappa shape index (κ3) is 1.44. The smallest absolute Gasteiger partial charge is 0.152 e. The standard InChI is InChI=1S/C9H7N5S/c1-3-12-14-7(1)13-9-8-6(2-4-15-8)10-5-11-9/h1-5H,(H2,10,11,12,13,14). The molecule has 3 aromatic heterocycles. The Morgan fingerprint density at radius 3 is 3.13 bits per heavy atom. The van der Waals surface area contributed by atoms with Crippen LogP contribution in [0.4, 0.5) is 11.6 Å². The first-order valence-corrected chi connectivity index (χ1v) is 5.26. The normalized spacial score (nSPS) is 10.7. The summed E-state index contributed by atoms with van der Waals surface area (Å²) in [4.78, 5) is 8.36. The van der Waals surface area contributed by atoms with Gasteiger partial charge in [0, 0.05) is 6.07 Å². The zero-order chi connectivity index (χ0) is 10.1. The molecule has 0 aliphatic rings. The van der Waals surface area contributed by atoms with E-state index >= 15 is 0 Å². The van der Waals surface area contributed by atoms with E-state index in [0.29, 0.717) is 0 Å². The number of fused-ring (bicyclic) bond motifs is 1. The number of anilines is 2. The SMILES string of the molecule is c1cc(Nc2ncnc3ccsc23)[nH]n1. The van der Waals surface area contributed by atoms with Gasteiger partial charge in [-0.15, -0.1) is 11.3 Å². The van der Waals surface area contributed by atoms with Crippen molar-refractivity contribution in [3.8, 4) is 0 Å². The van der Waals surface area contributed by atoms with Crippen molar-refractivity contribution in [3.63, 3.8) is 0 Å². The van der Waals surface area contributed by atoms with Crippen LogP contribution in [-0.2, 0) is 0 Å². The number of nitrogens with one attached hydrogen (secondary N) is 2. The average Bonchev–Trinajstić information content (AvgIpc) is 2.87. The average molecular weight is 217 g/mol. The second-order valence-corrected chi connectivity index (χ2v) is 3.87. The number of nitrogens with zero attached hydrogens (tertiary/aromatic N) is 3. The molecule has 5 nitrogen and oxygen atoms in total. The van der Waals surface area contributed by atoms with Crippen molar-refractivity contribution >= 4 is 33.2 Å². The van der Waals surface area contributed by atoms with E-state index in [1.807, 2.05) is 17.5 Å². The lowest BCUT2D eigenvalue weighted by Crippen LogP contribution is -1.94. The van der Waals surface area contributed by atoms with Gasteiger partial charge >= 0.3 is 0 Å². The molecule has 74 valence electrons. The second kappa shape index (κ2) is 3.32. The molecule has 2 N–H and O–H groups in total. The van der Waals surface area contributed by atoms with Gasteiger partial charge in [-0.1, -0.05) is 0 Å². The van der Waals surface area contributed by atoms with Crippen LogP contribution in [0.5, 0.6) is 0 Å². The molecular weight excluding hydrogens is 210 g/mol. The third-order valence-electron chi connectivity index (χ3n) is 2.00. The van der Waals surface area contributed by atoms with E-state index in [-0.39, 0.29) is 0 Å². The van der Waals surface area contributed by atoms with Crippen LogP contribution in [0.2, 0.25) is 0 Å². The fourth-order valence-electron chi connectivity index (χ4n) is 1.33. The van der Waals surface area contributed by atoms with Crippen molar-refractivity contribution in [2.75, 3.05) is 5.32 Å². The van der Waals surface area contributed by atoms with Gasteiger partial charge in [-0.3, -0.25) is 5.10 Å². The molecule has 0 aromatic carbocycles. The van der Waals surface area contributed by atoms with Crippen LogP contribution in [0.1, 0.15) is 0 Å².